The quantitative estimate of drug-likeness (QED) is 0.633. The molecule has 0 heterocycles. The molecule has 0 aromatic heterocycles. The molecule has 2 N–H and O–H groups in total. The van der Waals surface area contributed by atoms with Gasteiger partial charge in [0, 0.05) is 12.5 Å². The van der Waals surface area contributed by atoms with Crippen LogP contribution in [-0.2, 0) is 25.7 Å². The normalized spacial score (nSPS) is 11.3. The van der Waals surface area contributed by atoms with Gasteiger partial charge in [-0.05, 0) is 24.6 Å². The van der Waals surface area contributed by atoms with Crippen molar-refractivity contribution in [3.63, 3.8) is 0 Å². The minimum Gasteiger partial charge on any atom is -0.505 e. The Labute approximate surface area is 106 Å². The van der Waals surface area contributed by atoms with Gasteiger partial charge < -0.3 is 10.4 Å². The molecule has 1 aromatic rings. The summed E-state index contributed by atoms with van der Waals surface area (Å²) in [6.07, 6.45) is 0.925. The van der Waals surface area contributed by atoms with E-state index < -0.39 is 10.1 Å². The Morgan fingerprint density at radius 2 is 2.06 bits per heavy atom. The van der Waals surface area contributed by atoms with Crippen LogP contribution >= 0.6 is 0 Å². The number of aryl methyl sites for hydroxylation is 1. The van der Waals surface area contributed by atoms with Crippen molar-refractivity contribution in [1.29, 1.82) is 0 Å². The number of hydrogen-bond acceptors (Lipinski definition) is 5. The number of nitrogens with one attached hydrogen (secondary N) is 1. The van der Waals surface area contributed by atoms with Crippen LogP contribution in [0.25, 0.3) is 0 Å². The summed E-state index contributed by atoms with van der Waals surface area (Å²) in [5, 5.41) is 12.3. The van der Waals surface area contributed by atoms with E-state index in [0.717, 1.165) is 11.8 Å². The van der Waals surface area contributed by atoms with Gasteiger partial charge in [0.15, 0.2) is 0 Å². The van der Waals surface area contributed by atoms with E-state index >= 15 is 0 Å². The van der Waals surface area contributed by atoms with Gasteiger partial charge in [-0.1, -0.05) is 0 Å². The molecular formula is C11H15NO5S. The fourth-order valence-electron chi connectivity index (χ4n) is 1.42. The Morgan fingerprint density at radius 1 is 1.44 bits per heavy atom. The van der Waals surface area contributed by atoms with Crippen molar-refractivity contribution in [3.8, 4) is 5.75 Å². The summed E-state index contributed by atoms with van der Waals surface area (Å²) in [6, 6.07) is 3.17. The lowest BCUT2D eigenvalue weighted by atomic mass is 10.1. The van der Waals surface area contributed by atoms with E-state index in [1.807, 2.05) is 0 Å². The van der Waals surface area contributed by atoms with Crippen LogP contribution in [0.1, 0.15) is 18.1 Å². The maximum absolute atomic E-state index is 11.0. The second-order valence-corrected chi connectivity index (χ2v) is 5.61. The predicted molar refractivity (Wildman–Crippen MR) is 66.8 cm³/mol. The van der Waals surface area contributed by atoms with Crippen LogP contribution in [0, 0.1) is 6.92 Å². The molecule has 1 rings (SSSR count). The molecule has 0 radical (unpaired) electrons. The molecule has 0 aliphatic carbocycles. The SMILES string of the molecule is CC(=O)Nc1cc(C)cc(COS(C)(=O)=O)c1O. The zero-order valence-electron chi connectivity index (χ0n) is 10.4. The Balaban J connectivity index is 3.05. The third-order valence-electron chi connectivity index (χ3n) is 2.07. The highest BCUT2D eigenvalue weighted by Crippen LogP contribution is 2.30. The third-order valence-corrected chi connectivity index (χ3v) is 2.62. The van der Waals surface area contributed by atoms with Crippen molar-refractivity contribution >= 4 is 21.7 Å². The van der Waals surface area contributed by atoms with Crippen molar-refractivity contribution in [2.75, 3.05) is 11.6 Å². The monoisotopic (exact) mass is 273 g/mol. The van der Waals surface area contributed by atoms with Gasteiger partial charge in [-0.15, -0.1) is 0 Å². The lowest BCUT2D eigenvalue weighted by molar-refractivity contribution is -0.114. The lowest BCUT2D eigenvalue weighted by Gasteiger charge is -2.11. The van der Waals surface area contributed by atoms with Gasteiger partial charge in [-0.3, -0.25) is 8.98 Å². The number of phenols is 1. The van der Waals surface area contributed by atoms with Gasteiger partial charge in [-0.25, -0.2) is 0 Å². The van der Waals surface area contributed by atoms with Crippen molar-refractivity contribution < 1.29 is 22.5 Å². The molecule has 0 saturated carbocycles. The second-order valence-electron chi connectivity index (χ2n) is 3.97. The molecular weight excluding hydrogens is 258 g/mol. The first-order valence-electron chi connectivity index (χ1n) is 5.13. The number of phenolic OH excluding ortho intramolecular Hbond substituents is 1. The summed E-state index contributed by atoms with van der Waals surface area (Å²) in [5.74, 6) is -0.523. The first-order chi connectivity index (χ1) is 8.19. The summed E-state index contributed by atoms with van der Waals surface area (Å²) in [4.78, 5) is 11.0. The van der Waals surface area contributed by atoms with E-state index in [1.54, 1.807) is 19.1 Å². The summed E-state index contributed by atoms with van der Waals surface area (Å²) in [5.41, 5.74) is 1.29. The molecule has 0 atom stereocenters. The topological polar surface area (TPSA) is 92.7 Å². The predicted octanol–water partition coefficient (Wildman–Crippen LogP) is 1.14. The van der Waals surface area contributed by atoms with Crippen molar-refractivity contribution in [1.82, 2.24) is 0 Å². The molecule has 0 aliphatic heterocycles. The molecule has 0 fully saturated rings. The molecule has 7 heteroatoms. The van der Waals surface area contributed by atoms with Crippen LogP contribution in [0.2, 0.25) is 0 Å². The number of benzene rings is 1. The summed E-state index contributed by atoms with van der Waals surface area (Å²) in [6.45, 7) is 2.79. The van der Waals surface area contributed by atoms with E-state index in [1.165, 1.54) is 6.92 Å². The minimum absolute atomic E-state index is 0.195. The number of anilines is 1. The average Bonchev–Trinajstić information content (AvgIpc) is 2.18. The van der Waals surface area contributed by atoms with Gasteiger partial charge >= 0.3 is 0 Å². The van der Waals surface area contributed by atoms with E-state index in [4.69, 9.17) is 0 Å². The highest BCUT2D eigenvalue weighted by Gasteiger charge is 2.12. The first-order valence-corrected chi connectivity index (χ1v) is 6.95. The number of rotatable bonds is 4. The number of aromatic hydroxyl groups is 1. The van der Waals surface area contributed by atoms with Gasteiger partial charge in [-0.2, -0.15) is 8.42 Å². The van der Waals surface area contributed by atoms with E-state index in [-0.39, 0.29) is 24.0 Å². The van der Waals surface area contributed by atoms with E-state index in [2.05, 4.69) is 9.50 Å². The second kappa shape index (κ2) is 5.36. The average molecular weight is 273 g/mol. The van der Waals surface area contributed by atoms with E-state index in [9.17, 15) is 18.3 Å². The molecule has 0 bridgehead atoms. The standard InChI is InChI=1S/C11H15NO5S/c1-7-4-9(6-17-18(3,15)16)11(14)10(5-7)12-8(2)13/h4-5,14H,6H2,1-3H3,(H,12,13). The Kier molecular flexibility index (Phi) is 4.31. The highest BCUT2D eigenvalue weighted by molar-refractivity contribution is 7.85. The molecule has 0 spiro atoms. The van der Waals surface area contributed by atoms with Gasteiger partial charge in [0.05, 0.1) is 18.6 Å². The molecule has 0 saturated heterocycles. The maximum atomic E-state index is 11.0. The van der Waals surface area contributed by atoms with Crippen LogP contribution in [-0.4, -0.2) is 25.7 Å². The van der Waals surface area contributed by atoms with Gasteiger partial charge in [0.2, 0.25) is 5.91 Å². The summed E-state index contributed by atoms with van der Waals surface area (Å²) in [7, 11) is -3.59. The maximum Gasteiger partial charge on any atom is 0.264 e. The highest BCUT2D eigenvalue weighted by atomic mass is 32.2. The van der Waals surface area contributed by atoms with Crippen LogP contribution in [0.3, 0.4) is 0 Å². The fraction of sp³-hybridized carbons (Fsp3) is 0.364. The number of carbonyl (C=O) groups excluding carboxylic acids is 1. The number of amides is 1. The number of hydrogen-bond donors (Lipinski definition) is 2. The smallest absolute Gasteiger partial charge is 0.264 e. The van der Waals surface area contributed by atoms with Crippen LogP contribution in [0.5, 0.6) is 5.75 Å². The third kappa shape index (κ3) is 4.34. The number of carbonyl (C=O) groups is 1. The van der Waals surface area contributed by atoms with Crippen LogP contribution in [0.15, 0.2) is 12.1 Å². The minimum atomic E-state index is -3.59. The van der Waals surface area contributed by atoms with Gasteiger partial charge in [0.1, 0.15) is 5.75 Å². The van der Waals surface area contributed by atoms with E-state index in [0.29, 0.717) is 5.56 Å². The Bertz CT molecular complexity index is 565. The largest absolute Gasteiger partial charge is 0.505 e. The molecule has 0 aliphatic rings. The summed E-state index contributed by atoms with van der Waals surface area (Å²) < 4.78 is 26.4. The fourth-order valence-corrected chi connectivity index (χ4v) is 1.76. The van der Waals surface area contributed by atoms with Crippen molar-refractivity contribution in [3.05, 3.63) is 23.3 Å². The molecule has 6 nitrogen and oxygen atoms in total. The zero-order valence-corrected chi connectivity index (χ0v) is 11.2. The first kappa shape index (κ1) is 14.5. The van der Waals surface area contributed by atoms with Crippen LogP contribution in [0.4, 0.5) is 5.69 Å². The molecule has 100 valence electrons. The van der Waals surface area contributed by atoms with Crippen LogP contribution < -0.4 is 5.32 Å². The molecule has 18 heavy (non-hydrogen) atoms. The molecule has 1 amide bonds. The van der Waals surface area contributed by atoms with Crippen molar-refractivity contribution in [2.45, 2.75) is 20.5 Å². The Hall–Kier alpha value is -1.60. The molecule has 0 unspecified atom stereocenters. The summed E-state index contributed by atoms with van der Waals surface area (Å²) >= 11 is 0. The lowest BCUT2D eigenvalue weighted by Crippen LogP contribution is -2.08. The molecule has 1 aromatic carbocycles. The zero-order chi connectivity index (χ0) is 13.9. The van der Waals surface area contributed by atoms with Crippen molar-refractivity contribution in [2.24, 2.45) is 0 Å². The van der Waals surface area contributed by atoms with Gasteiger partial charge in [0.25, 0.3) is 10.1 Å². The Morgan fingerprint density at radius 3 is 2.56 bits per heavy atom.